The molecule has 2 nitrogen and oxygen atoms in total. The fourth-order valence-corrected chi connectivity index (χ4v) is 5.12. The van der Waals surface area contributed by atoms with Crippen molar-refractivity contribution >= 4 is 40.7 Å². The van der Waals surface area contributed by atoms with Crippen LogP contribution in [0.4, 0.5) is 10.1 Å². The van der Waals surface area contributed by atoms with Crippen molar-refractivity contribution in [3.05, 3.63) is 77.4 Å². The molecule has 0 aliphatic carbocycles. The molecular formula is C22H25FN2S3. The summed E-state index contributed by atoms with van der Waals surface area (Å²) in [7, 11) is 0. The Labute approximate surface area is 179 Å². The SMILES string of the molecule is CSc1cccc(F)c1.Cc1ccc(N2CCN(Sc3cccs3)CC2)cc1. The molecule has 0 radical (unpaired) electrons. The van der Waals surface area contributed by atoms with Crippen LogP contribution in [-0.2, 0) is 0 Å². The van der Waals surface area contributed by atoms with E-state index in [2.05, 4.69) is 57.9 Å². The van der Waals surface area contributed by atoms with Gasteiger partial charge in [-0.15, -0.1) is 23.1 Å². The van der Waals surface area contributed by atoms with Gasteiger partial charge in [0.05, 0.1) is 4.21 Å². The molecule has 28 heavy (non-hydrogen) atoms. The van der Waals surface area contributed by atoms with E-state index < -0.39 is 0 Å². The Hall–Kier alpha value is -1.47. The molecule has 1 aromatic heterocycles. The van der Waals surface area contributed by atoms with Crippen LogP contribution in [0.25, 0.3) is 0 Å². The second kappa shape index (κ2) is 10.9. The highest BCUT2D eigenvalue weighted by Crippen LogP contribution is 2.28. The minimum absolute atomic E-state index is 0.165. The highest BCUT2D eigenvalue weighted by atomic mass is 32.2. The molecule has 1 saturated heterocycles. The molecule has 1 aliphatic heterocycles. The Balaban J connectivity index is 0.000000211. The van der Waals surface area contributed by atoms with E-state index in [4.69, 9.17) is 0 Å². The Bertz CT molecular complexity index is 829. The monoisotopic (exact) mass is 432 g/mol. The summed E-state index contributed by atoms with van der Waals surface area (Å²) in [5.41, 5.74) is 2.68. The first-order chi connectivity index (χ1) is 13.6. The lowest BCUT2D eigenvalue weighted by molar-refractivity contribution is 0.430. The van der Waals surface area contributed by atoms with Crippen LogP contribution in [0, 0.1) is 12.7 Å². The van der Waals surface area contributed by atoms with E-state index in [1.54, 1.807) is 17.8 Å². The van der Waals surface area contributed by atoms with E-state index >= 15 is 0 Å². The van der Waals surface area contributed by atoms with Crippen molar-refractivity contribution in [1.29, 1.82) is 0 Å². The normalized spacial score (nSPS) is 14.5. The zero-order valence-electron chi connectivity index (χ0n) is 16.2. The first kappa shape index (κ1) is 21.2. The highest BCUT2D eigenvalue weighted by molar-refractivity contribution is 7.99. The number of thioether (sulfide) groups is 1. The van der Waals surface area contributed by atoms with Crippen LogP contribution in [0.2, 0.25) is 0 Å². The average molecular weight is 433 g/mol. The lowest BCUT2D eigenvalue weighted by atomic mass is 10.2. The second-order valence-electron chi connectivity index (χ2n) is 6.44. The summed E-state index contributed by atoms with van der Waals surface area (Å²) in [6.45, 7) is 6.61. The van der Waals surface area contributed by atoms with Gasteiger partial charge in [-0.25, -0.2) is 8.70 Å². The predicted octanol–water partition coefficient (Wildman–Crippen LogP) is 6.43. The molecule has 0 atom stereocenters. The fourth-order valence-electron chi connectivity index (χ4n) is 2.83. The lowest BCUT2D eigenvalue weighted by Gasteiger charge is -2.35. The molecule has 2 heterocycles. The van der Waals surface area contributed by atoms with Gasteiger partial charge in [0.25, 0.3) is 0 Å². The van der Waals surface area contributed by atoms with E-state index in [0.29, 0.717) is 0 Å². The second-order valence-corrected chi connectivity index (χ2v) is 9.66. The third-order valence-electron chi connectivity index (χ3n) is 4.38. The van der Waals surface area contributed by atoms with Crippen LogP contribution in [0.5, 0.6) is 0 Å². The molecular weight excluding hydrogens is 407 g/mol. The van der Waals surface area contributed by atoms with E-state index in [9.17, 15) is 4.39 Å². The van der Waals surface area contributed by atoms with E-state index in [1.165, 1.54) is 27.6 Å². The zero-order valence-corrected chi connectivity index (χ0v) is 18.6. The van der Waals surface area contributed by atoms with E-state index in [-0.39, 0.29) is 5.82 Å². The number of thiophene rings is 1. The molecule has 148 valence electrons. The number of rotatable bonds is 4. The minimum atomic E-state index is -0.165. The van der Waals surface area contributed by atoms with Crippen LogP contribution in [0.3, 0.4) is 0 Å². The van der Waals surface area contributed by atoms with Gasteiger partial charge in [0.1, 0.15) is 5.82 Å². The van der Waals surface area contributed by atoms with E-state index in [0.717, 1.165) is 31.1 Å². The number of aryl methyl sites for hydroxylation is 1. The van der Waals surface area contributed by atoms with Crippen molar-refractivity contribution in [3.8, 4) is 0 Å². The third kappa shape index (κ3) is 6.55. The van der Waals surface area contributed by atoms with Crippen LogP contribution in [0.1, 0.15) is 5.56 Å². The minimum Gasteiger partial charge on any atom is -0.369 e. The molecule has 0 spiro atoms. The van der Waals surface area contributed by atoms with Crippen LogP contribution >= 0.6 is 35.0 Å². The van der Waals surface area contributed by atoms with Crippen LogP contribution < -0.4 is 4.90 Å². The topological polar surface area (TPSA) is 6.48 Å². The Morgan fingerprint density at radius 3 is 2.25 bits per heavy atom. The molecule has 6 heteroatoms. The van der Waals surface area contributed by atoms with Crippen LogP contribution in [-0.4, -0.2) is 36.7 Å². The van der Waals surface area contributed by atoms with Gasteiger partial charge in [-0.05, 0) is 66.9 Å². The molecule has 1 aliphatic rings. The number of nitrogens with zero attached hydrogens (tertiary/aromatic N) is 2. The van der Waals surface area contributed by atoms with Crippen LogP contribution in [0.15, 0.2) is 75.1 Å². The summed E-state index contributed by atoms with van der Waals surface area (Å²) in [4.78, 5) is 3.44. The first-order valence-corrected chi connectivity index (χ1v) is 12.1. The first-order valence-electron chi connectivity index (χ1n) is 9.21. The van der Waals surface area contributed by atoms with Crippen molar-refractivity contribution in [2.75, 3.05) is 37.3 Å². The summed E-state index contributed by atoms with van der Waals surface area (Å²) in [5.74, 6) is -0.165. The average Bonchev–Trinajstić information content (AvgIpc) is 3.23. The number of hydrogen-bond donors (Lipinski definition) is 0. The molecule has 2 aromatic carbocycles. The number of benzene rings is 2. The van der Waals surface area contributed by atoms with Gasteiger partial charge < -0.3 is 4.90 Å². The molecule has 0 bridgehead atoms. The smallest absolute Gasteiger partial charge is 0.124 e. The Morgan fingerprint density at radius 1 is 0.929 bits per heavy atom. The number of hydrogen-bond acceptors (Lipinski definition) is 5. The van der Waals surface area contributed by atoms with Gasteiger partial charge in [-0.2, -0.15) is 0 Å². The van der Waals surface area contributed by atoms with Gasteiger partial charge in [-0.3, -0.25) is 0 Å². The molecule has 4 rings (SSSR count). The summed E-state index contributed by atoms with van der Waals surface area (Å²) in [6.07, 6.45) is 1.93. The summed E-state index contributed by atoms with van der Waals surface area (Å²) < 4.78 is 16.2. The summed E-state index contributed by atoms with van der Waals surface area (Å²) in [6, 6.07) is 19.7. The maximum Gasteiger partial charge on any atom is 0.124 e. The van der Waals surface area contributed by atoms with Gasteiger partial charge in [0, 0.05) is 36.8 Å². The van der Waals surface area contributed by atoms with Gasteiger partial charge >= 0.3 is 0 Å². The predicted molar refractivity (Wildman–Crippen MR) is 123 cm³/mol. The molecule has 3 aromatic rings. The fraction of sp³-hybridized carbons (Fsp3) is 0.273. The number of halogens is 1. The standard InChI is InChI=1S/C15H18N2S2.C7H7FS/c1-13-4-6-14(7-5-13)16-8-10-17(11-9-16)19-15-3-2-12-18-15;1-9-7-4-2-3-6(8)5-7/h2-7,12H,8-11H2,1H3;2-5H,1H3. The van der Waals surface area contributed by atoms with Crippen molar-refractivity contribution < 1.29 is 4.39 Å². The molecule has 1 fully saturated rings. The van der Waals surface area contributed by atoms with Crippen molar-refractivity contribution in [2.45, 2.75) is 16.0 Å². The van der Waals surface area contributed by atoms with Gasteiger partial charge in [-0.1, -0.05) is 29.8 Å². The van der Waals surface area contributed by atoms with Crippen molar-refractivity contribution in [1.82, 2.24) is 4.31 Å². The van der Waals surface area contributed by atoms with Gasteiger partial charge in [0.2, 0.25) is 0 Å². The molecule has 0 N–H and O–H groups in total. The highest BCUT2D eigenvalue weighted by Gasteiger charge is 2.18. The molecule has 0 amide bonds. The quantitative estimate of drug-likeness (QED) is 0.346. The molecule has 0 saturated carbocycles. The Kier molecular flexibility index (Phi) is 8.27. The lowest BCUT2D eigenvalue weighted by Crippen LogP contribution is -2.43. The van der Waals surface area contributed by atoms with Crippen molar-refractivity contribution in [2.24, 2.45) is 0 Å². The maximum atomic E-state index is 12.3. The van der Waals surface area contributed by atoms with Crippen molar-refractivity contribution in [3.63, 3.8) is 0 Å². The number of anilines is 1. The third-order valence-corrected chi connectivity index (χ3v) is 7.22. The number of piperazine rings is 1. The summed E-state index contributed by atoms with van der Waals surface area (Å²) in [5, 5.41) is 2.14. The largest absolute Gasteiger partial charge is 0.369 e. The zero-order chi connectivity index (χ0) is 19.8. The van der Waals surface area contributed by atoms with Gasteiger partial charge in [0.15, 0.2) is 0 Å². The van der Waals surface area contributed by atoms with E-state index in [1.807, 2.05) is 35.6 Å². The Morgan fingerprint density at radius 2 is 1.68 bits per heavy atom. The summed E-state index contributed by atoms with van der Waals surface area (Å²) >= 11 is 5.26. The molecule has 0 unspecified atom stereocenters. The maximum absolute atomic E-state index is 12.3.